The van der Waals surface area contributed by atoms with E-state index in [-0.39, 0.29) is 18.5 Å². The standard InChI is InChI=1S/C22H20F3N5O2S/c1-13(2)30-19-16(11-28-30)15(9-17(29-19)18-6-4-8-33-18)20(31)27-10-14-5-3-7-26-21(14)32-12-22(23,24)25/h3-9,11,13H,10,12H2,1-2H3,(H,27,31). The van der Waals surface area contributed by atoms with Gasteiger partial charge in [0.15, 0.2) is 12.3 Å². The van der Waals surface area contributed by atoms with E-state index in [0.717, 1.165) is 4.88 Å². The summed E-state index contributed by atoms with van der Waals surface area (Å²) in [4.78, 5) is 22.6. The highest BCUT2D eigenvalue weighted by molar-refractivity contribution is 7.13. The highest BCUT2D eigenvalue weighted by Gasteiger charge is 2.29. The van der Waals surface area contributed by atoms with Crippen LogP contribution in [0, 0.1) is 0 Å². The number of alkyl halides is 3. The van der Waals surface area contributed by atoms with E-state index in [4.69, 9.17) is 9.72 Å². The summed E-state index contributed by atoms with van der Waals surface area (Å²) in [6.07, 6.45) is -1.57. The summed E-state index contributed by atoms with van der Waals surface area (Å²) >= 11 is 1.50. The van der Waals surface area contributed by atoms with E-state index >= 15 is 0 Å². The zero-order valence-corrected chi connectivity index (χ0v) is 18.6. The molecule has 0 bridgehead atoms. The molecule has 0 atom stereocenters. The van der Waals surface area contributed by atoms with Crippen LogP contribution < -0.4 is 10.1 Å². The van der Waals surface area contributed by atoms with E-state index < -0.39 is 18.7 Å². The van der Waals surface area contributed by atoms with Crippen molar-refractivity contribution in [2.45, 2.75) is 32.6 Å². The molecule has 1 N–H and O–H groups in total. The molecule has 1 amide bonds. The highest BCUT2D eigenvalue weighted by atomic mass is 32.1. The third kappa shape index (κ3) is 5.14. The number of hydrogen-bond acceptors (Lipinski definition) is 6. The lowest BCUT2D eigenvalue weighted by molar-refractivity contribution is -0.154. The molecule has 0 fully saturated rings. The van der Waals surface area contributed by atoms with Gasteiger partial charge in [0, 0.05) is 24.3 Å². The van der Waals surface area contributed by atoms with Crippen LogP contribution in [0.4, 0.5) is 13.2 Å². The molecule has 0 aromatic carbocycles. The van der Waals surface area contributed by atoms with Gasteiger partial charge in [0.2, 0.25) is 5.88 Å². The van der Waals surface area contributed by atoms with Crippen molar-refractivity contribution in [3.8, 4) is 16.5 Å². The van der Waals surface area contributed by atoms with Gasteiger partial charge in [-0.1, -0.05) is 12.1 Å². The molecule has 4 heterocycles. The average molecular weight is 475 g/mol. The lowest BCUT2D eigenvalue weighted by Crippen LogP contribution is -2.25. The lowest BCUT2D eigenvalue weighted by Gasteiger charge is -2.13. The highest BCUT2D eigenvalue weighted by Crippen LogP contribution is 2.29. The predicted molar refractivity (Wildman–Crippen MR) is 118 cm³/mol. The van der Waals surface area contributed by atoms with Crippen LogP contribution in [0.3, 0.4) is 0 Å². The van der Waals surface area contributed by atoms with Crippen LogP contribution in [0.2, 0.25) is 0 Å². The molecule has 4 aromatic rings. The second-order valence-electron chi connectivity index (χ2n) is 7.51. The summed E-state index contributed by atoms with van der Waals surface area (Å²) in [5, 5.41) is 9.64. The van der Waals surface area contributed by atoms with E-state index in [1.165, 1.54) is 17.5 Å². The number of carbonyl (C=O) groups is 1. The van der Waals surface area contributed by atoms with Crippen LogP contribution in [0.15, 0.2) is 48.1 Å². The number of aromatic nitrogens is 4. The number of ether oxygens (including phenoxy) is 1. The quantitative estimate of drug-likeness (QED) is 0.407. The number of hydrogen-bond donors (Lipinski definition) is 1. The molecule has 0 radical (unpaired) electrons. The fraction of sp³-hybridized carbons (Fsp3) is 0.273. The number of nitrogens with zero attached hydrogens (tertiary/aromatic N) is 4. The first-order valence-electron chi connectivity index (χ1n) is 10.1. The molecule has 0 aliphatic carbocycles. The van der Waals surface area contributed by atoms with E-state index in [1.807, 2.05) is 31.4 Å². The molecule has 0 saturated carbocycles. The normalized spacial score (nSPS) is 11.8. The molecule has 33 heavy (non-hydrogen) atoms. The average Bonchev–Trinajstić information content (AvgIpc) is 3.45. The van der Waals surface area contributed by atoms with Crippen molar-refractivity contribution in [1.82, 2.24) is 25.1 Å². The van der Waals surface area contributed by atoms with E-state index in [0.29, 0.717) is 27.9 Å². The third-order valence-electron chi connectivity index (χ3n) is 4.74. The Morgan fingerprint density at radius 3 is 2.79 bits per heavy atom. The predicted octanol–water partition coefficient (Wildman–Crippen LogP) is 5.01. The van der Waals surface area contributed by atoms with Gasteiger partial charge < -0.3 is 10.1 Å². The Morgan fingerprint density at radius 2 is 2.09 bits per heavy atom. The maximum absolute atomic E-state index is 13.1. The molecular weight excluding hydrogens is 455 g/mol. The van der Waals surface area contributed by atoms with Crippen LogP contribution >= 0.6 is 11.3 Å². The van der Waals surface area contributed by atoms with Gasteiger partial charge in [-0.25, -0.2) is 14.6 Å². The lowest BCUT2D eigenvalue weighted by atomic mass is 10.1. The van der Waals surface area contributed by atoms with Crippen molar-refractivity contribution in [2.24, 2.45) is 0 Å². The summed E-state index contributed by atoms with van der Waals surface area (Å²) in [6, 6.07) is 8.66. The van der Waals surface area contributed by atoms with Crippen LogP contribution in [0.25, 0.3) is 21.6 Å². The van der Waals surface area contributed by atoms with Gasteiger partial charge >= 0.3 is 6.18 Å². The van der Waals surface area contributed by atoms with Crippen LogP contribution in [0.5, 0.6) is 5.88 Å². The summed E-state index contributed by atoms with van der Waals surface area (Å²) in [6.45, 7) is 2.41. The van der Waals surface area contributed by atoms with Gasteiger partial charge in [-0.05, 0) is 37.4 Å². The summed E-state index contributed by atoms with van der Waals surface area (Å²) in [5.41, 5.74) is 1.92. The molecule has 0 saturated heterocycles. The maximum atomic E-state index is 13.1. The molecule has 0 aliphatic heterocycles. The van der Waals surface area contributed by atoms with Crippen molar-refractivity contribution >= 4 is 28.3 Å². The van der Waals surface area contributed by atoms with E-state index in [2.05, 4.69) is 15.4 Å². The minimum Gasteiger partial charge on any atom is -0.468 e. The van der Waals surface area contributed by atoms with Crippen LogP contribution in [0.1, 0.15) is 35.8 Å². The Bertz CT molecular complexity index is 1270. The Balaban J connectivity index is 1.63. The minimum absolute atomic E-state index is 0.0354. The molecule has 7 nitrogen and oxygen atoms in total. The number of pyridine rings is 2. The monoisotopic (exact) mass is 475 g/mol. The smallest absolute Gasteiger partial charge is 0.422 e. The van der Waals surface area contributed by atoms with Crippen molar-refractivity contribution < 1.29 is 22.7 Å². The summed E-state index contributed by atoms with van der Waals surface area (Å²) < 4.78 is 44.1. The van der Waals surface area contributed by atoms with Gasteiger partial charge in [0.1, 0.15) is 0 Å². The first-order valence-corrected chi connectivity index (χ1v) is 10.9. The molecule has 0 spiro atoms. The number of amides is 1. The summed E-state index contributed by atoms with van der Waals surface area (Å²) in [7, 11) is 0. The Morgan fingerprint density at radius 1 is 1.27 bits per heavy atom. The van der Waals surface area contributed by atoms with Crippen molar-refractivity contribution in [2.75, 3.05) is 6.61 Å². The van der Waals surface area contributed by atoms with Gasteiger partial charge in [0.05, 0.1) is 27.7 Å². The fourth-order valence-electron chi connectivity index (χ4n) is 3.24. The zero-order valence-electron chi connectivity index (χ0n) is 17.8. The molecule has 0 aliphatic rings. The molecule has 11 heteroatoms. The Hall–Kier alpha value is -3.47. The number of rotatable bonds is 7. The number of fused-ring (bicyclic) bond motifs is 1. The first-order chi connectivity index (χ1) is 15.7. The molecule has 0 unspecified atom stereocenters. The van der Waals surface area contributed by atoms with Gasteiger partial charge in [-0.15, -0.1) is 11.3 Å². The molecular formula is C22H20F3N5O2S. The van der Waals surface area contributed by atoms with Gasteiger partial charge in [-0.3, -0.25) is 4.79 Å². The van der Waals surface area contributed by atoms with Crippen LogP contribution in [-0.4, -0.2) is 38.4 Å². The fourth-order valence-corrected chi connectivity index (χ4v) is 3.93. The summed E-state index contributed by atoms with van der Waals surface area (Å²) in [5.74, 6) is -0.587. The minimum atomic E-state index is -4.49. The second-order valence-corrected chi connectivity index (χ2v) is 8.45. The van der Waals surface area contributed by atoms with Crippen LogP contribution in [-0.2, 0) is 6.54 Å². The molecule has 4 rings (SSSR count). The number of halogens is 3. The topological polar surface area (TPSA) is 81.9 Å². The molecule has 4 aromatic heterocycles. The second kappa shape index (κ2) is 9.18. The first kappa shape index (κ1) is 22.7. The number of nitrogens with one attached hydrogen (secondary N) is 1. The SMILES string of the molecule is CC(C)n1ncc2c(C(=O)NCc3cccnc3OCC(F)(F)F)cc(-c3cccs3)nc21. The molecule has 172 valence electrons. The Labute approximate surface area is 191 Å². The maximum Gasteiger partial charge on any atom is 0.422 e. The van der Waals surface area contributed by atoms with E-state index in [1.54, 1.807) is 29.1 Å². The number of thiophene rings is 1. The zero-order chi connectivity index (χ0) is 23.6. The van der Waals surface area contributed by atoms with Crippen molar-refractivity contribution in [3.05, 3.63) is 59.2 Å². The third-order valence-corrected chi connectivity index (χ3v) is 5.63. The van der Waals surface area contributed by atoms with Crippen molar-refractivity contribution in [3.63, 3.8) is 0 Å². The van der Waals surface area contributed by atoms with Gasteiger partial charge in [-0.2, -0.15) is 18.3 Å². The van der Waals surface area contributed by atoms with Gasteiger partial charge in [0.25, 0.3) is 5.91 Å². The van der Waals surface area contributed by atoms with Crippen molar-refractivity contribution in [1.29, 1.82) is 0 Å². The number of carbonyl (C=O) groups excluding carboxylic acids is 1. The van der Waals surface area contributed by atoms with E-state index in [9.17, 15) is 18.0 Å². The Kier molecular flexibility index (Phi) is 6.32. The largest absolute Gasteiger partial charge is 0.468 e.